The van der Waals surface area contributed by atoms with E-state index in [0.29, 0.717) is 0 Å². The van der Waals surface area contributed by atoms with Crippen molar-refractivity contribution in [3.05, 3.63) is 90.0 Å². The number of carbonyl (C=O) groups is 1. The molecule has 1 amide bonds. The Bertz CT molecular complexity index is 722. The Hall–Kier alpha value is -2.35. The third-order valence-electron chi connectivity index (χ3n) is 3.27. The van der Waals surface area contributed by atoms with Gasteiger partial charge in [0.2, 0.25) is 5.91 Å². The van der Waals surface area contributed by atoms with Crippen LogP contribution < -0.4 is 5.32 Å². The Morgan fingerprint density at radius 2 is 1.50 bits per heavy atom. The first-order chi connectivity index (χ1) is 10.3. The smallest absolute Gasteiger partial charge is 0.215 e. The SMILES string of the molecule is O=C1Nc2ccccc2/C1=C\[c-]1cccc1.[Fe].[cH-]1[cH-][cH-][cH-][cH-]1. The standard InChI is InChI=1S/C14H10NO.C5H5.Fe/c16-14-12(9-10-5-1-2-6-10)11-7-3-4-8-13(11)15-14;1-2-4-5-3-1;/h1-9H,(H,15,16);1-5H;/q-1;-5;/b12-9+;;. The molecule has 0 radical (unpaired) electrons. The van der Waals surface area contributed by atoms with Crippen LogP contribution in [0.5, 0.6) is 0 Å². The van der Waals surface area contributed by atoms with Gasteiger partial charge in [-0.05, 0) is 17.2 Å². The molecule has 116 valence electrons. The monoisotopic (exact) mass is 329 g/mol. The van der Waals surface area contributed by atoms with Gasteiger partial charge in [0, 0.05) is 22.8 Å². The summed E-state index contributed by atoms with van der Waals surface area (Å²) < 4.78 is 0. The molecular formula is C19H15FeNO-6. The molecule has 1 aliphatic heterocycles. The minimum Gasteiger partial charge on any atom is -0.748 e. The van der Waals surface area contributed by atoms with Gasteiger partial charge in [-0.3, -0.25) is 4.79 Å². The molecule has 3 aromatic rings. The zero-order valence-corrected chi connectivity index (χ0v) is 12.9. The molecule has 0 bridgehead atoms. The van der Waals surface area contributed by atoms with E-state index in [4.69, 9.17) is 0 Å². The Labute approximate surface area is 140 Å². The van der Waals surface area contributed by atoms with E-state index in [0.717, 1.165) is 22.4 Å². The number of hydrogen-bond donors (Lipinski definition) is 1. The molecule has 0 fully saturated rings. The molecule has 0 aromatic heterocycles. The van der Waals surface area contributed by atoms with Gasteiger partial charge in [0.15, 0.2) is 0 Å². The topological polar surface area (TPSA) is 29.1 Å². The van der Waals surface area contributed by atoms with Gasteiger partial charge in [-0.15, -0.1) is 23.8 Å². The summed E-state index contributed by atoms with van der Waals surface area (Å²) in [6.07, 6.45) is 1.92. The second-order valence-corrected chi connectivity index (χ2v) is 4.74. The fourth-order valence-corrected chi connectivity index (χ4v) is 2.25. The number of benzene rings is 1. The molecule has 0 atom stereocenters. The molecule has 0 spiro atoms. The third-order valence-corrected chi connectivity index (χ3v) is 3.27. The van der Waals surface area contributed by atoms with Crippen LogP contribution in [-0.2, 0) is 21.9 Å². The molecule has 0 saturated heterocycles. The van der Waals surface area contributed by atoms with Gasteiger partial charge >= 0.3 is 0 Å². The van der Waals surface area contributed by atoms with Crippen LogP contribution in [0.4, 0.5) is 5.69 Å². The molecule has 1 aliphatic rings. The van der Waals surface area contributed by atoms with Crippen LogP contribution in [0.1, 0.15) is 11.1 Å². The number of amides is 1. The minimum absolute atomic E-state index is 0. The van der Waals surface area contributed by atoms with Gasteiger partial charge in [-0.25, -0.2) is 0 Å². The summed E-state index contributed by atoms with van der Waals surface area (Å²) in [5.74, 6) is -0.0256. The van der Waals surface area contributed by atoms with E-state index in [-0.39, 0.29) is 23.0 Å². The summed E-state index contributed by atoms with van der Waals surface area (Å²) in [5, 5.41) is 2.85. The van der Waals surface area contributed by atoms with Gasteiger partial charge in [0.1, 0.15) is 0 Å². The average Bonchev–Trinajstić information content (AvgIpc) is 3.24. The van der Waals surface area contributed by atoms with Crippen molar-refractivity contribution in [1.82, 2.24) is 0 Å². The number of para-hydroxylation sites is 1. The summed E-state index contributed by atoms with van der Waals surface area (Å²) in [7, 11) is 0. The number of nitrogens with one attached hydrogen (secondary N) is 1. The predicted octanol–water partition coefficient (Wildman–Crippen LogP) is 4.30. The summed E-state index contributed by atoms with van der Waals surface area (Å²) in [4.78, 5) is 11.8. The first-order valence-corrected chi connectivity index (χ1v) is 6.85. The first kappa shape index (κ1) is 16.0. The zero-order chi connectivity index (χ0) is 14.5. The van der Waals surface area contributed by atoms with E-state index in [2.05, 4.69) is 5.32 Å². The molecule has 0 aliphatic carbocycles. The summed E-state index contributed by atoms with van der Waals surface area (Å²) in [5.41, 5.74) is 3.67. The number of anilines is 1. The summed E-state index contributed by atoms with van der Waals surface area (Å²) in [6.45, 7) is 0. The molecule has 1 heterocycles. The van der Waals surface area contributed by atoms with E-state index in [1.54, 1.807) is 0 Å². The van der Waals surface area contributed by atoms with E-state index >= 15 is 0 Å². The molecule has 0 unspecified atom stereocenters. The Balaban J connectivity index is 0.000000253. The quantitative estimate of drug-likeness (QED) is 0.402. The van der Waals surface area contributed by atoms with Gasteiger partial charge < -0.3 is 35.6 Å². The van der Waals surface area contributed by atoms with E-state index in [1.807, 2.05) is 84.9 Å². The van der Waals surface area contributed by atoms with Crippen molar-refractivity contribution >= 4 is 23.2 Å². The molecular weight excluding hydrogens is 314 g/mol. The Morgan fingerprint density at radius 1 is 0.909 bits per heavy atom. The van der Waals surface area contributed by atoms with Gasteiger partial charge in [-0.2, -0.15) is 12.1 Å². The van der Waals surface area contributed by atoms with Crippen molar-refractivity contribution < 1.29 is 21.9 Å². The number of hydrogen-bond acceptors (Lipinski definition) is 1. The van der Waals surface area contributed by atoms with E-state index in [9.17, 15) is 4.79 Å². The number of fused-ring (bicyclic) bond motifs is 1. The van der Waals surface area contributed by atoms with E-state index in [1.165, 1.54) is 0 Å². The zero-order valence-electron chi connectivity index (χ0n) is 11.8. The molecule has 4 rings (SSSR count). The molecule has 1 N–H and O–H groups in total. The number of carbonyl (C=O) groups excluding carboxylic acids is 1. The summed E-state index contributed by atoms with van der Waals surface area (Å²) >= 11 is 0. The van der Waals surface area contributed by atoms with Crippen LogP contribution in [0.15, 0.2) is 78.9 Å². The van der Waals surface area contributed by atoms with Gasteiger partial charge in [0.05, 0.1) is 0 Å². The van der Waals surface area contributed by atoms with Crippen molar-refractivity contribution in [2.24, 2.45) is 0 Å². The van der Waals surface area contributed by atoms with Crippen molar-refractivity contribution in [3.8, 4) is 0 Å². The molecule has 22 heavy (non-hydrogen) atoms. The van der Waals surface area contributed by atoms with Crippen molar-refractivity contribution in [1.29, 1.82) is 0 Å². The van der Waals surface area contributed by atoms with Crippen LogP contribution in [0.2, 0.25) is 0 Å². The fourth-order valence-electron chi connectivity index (χ4n) is 2.25. The van der Waals surface area contributed by atoms with Crippen molar-refractivity contribution in [2.45, 2.75) is 0 Å². The second kappa shape index (κ2) is 7.60. The largest absolute Gasteiger partial charge is 0.748 e. The van der Waals surface area contributed by atoms with Crippen LogP contribution in [-0.4, -0.2) is 5.91 Å². The number of rotatable bonds is 1. The van der Waals surface area contributed by atoms with Crippen LogP contribution >= 0.6 is 0 Å². The fraction of sp³-hybridized carbons (Fsp3) is 0. The third kappa shape index (κ3) is 3.64. The van der Waals surface area contributed by atoms with E-state index < -0.39 is 0 Å². The van der Waals surface area contributed by atoms with Crippen LogP contribution in [0, 0.1) is 0 Å². The molecule has 2 nitrogen and oxygen atoms in total. The maximum Gasteiger partial charge on any atom is 0.215 e. The van der Waals surface area contributed by atoms with Crippen LogP contribution in [0.25, 0.3) is 11.6 Å². The van der Waals surface area contributed by atoms with Gasteiger partial charge in [-0.1, -0.05) is 18.2 Å². The Kier molecular flexibility index (Phi) is 5.54. The van der Waals surface area contributed by atoms with Crippen molar-refractivity contribution in [2.75, 3.05) is 5.32 Å². The summed E-state index contributed by atoms with van der Waals surface area (Å²) in [6, 6.07) is 25.6. The maximum atomic E-state index is 11.8. The average molecular weight is 329 g/mol. The Morgan fingerprint density at radius 3 is 2.14 bits per heavy atom. The maximum absolute atomic E-state index is 11.8. The normalized spacial score (nSPS) is 13.6. The minimum atomic E-state index is -0.0256. The van der Waals surface area contributed by atoms with Crippen molar-refractivity contribution in [3.63, 3.8) is 0 Å². The van der Waals surface area contributed by atoms with Crippen LogP contribution in [0.3, 0.4) is 0 Å². The molecule has 3 aromatic carbocycles. The molecule has 0 saturated carbocycles. The second-order valence-electron chi connectivity index (χ2n) is 4.74. The van der Waals surface area contributed by atoms with Gasteiger partial charge in [0.25, 0.3) is 0 Å². The molecule has 3 heteroatoms. The predicted molar refractivity (Wildman–Crippen MR) is 87.0 cm³/mol. The first-order valence-electron chi connectivity index (χ1n) is 6.85.